The van der Waals surface area contributed by atoms with Crippen LogP contribution in [0.1, 0.15) is 39.6 Å². The number of alkyl carbamates (subject to hydrolysis) is 1. The molecule has 6 nitrogen and oxygen atoms in total. The molecule has 158 valence electrons. The molecule has 1 aromatic heterocycles. The Labute approximate surface area is 170 Å². The number of nitrogens with one attached hydrogen (secondary N) is 1. The molecule has 30 heavy (non-hydrogen) atoms. The number of aromatic nitrogens is 2. The van der Waals surface area contributed by atoms with Crippen LogP contribution in [0.3, 0.4) is 0 Å². The van der Waals surface area contributed by atoms with Crippen LogP contribution >= 0.6 is 0 Å². The molecule has 0 bridgehead atoms. The fourth-order valence-corrected chi connectivity index (χ4v) is 2.95. The highest BCUT2D eigenvalue weighted by Crippen LogP contribution is 2.21. The topological polar surface area (TPSA) is 73.2 Å². The lowest BCUT2D eigenvalue weighted by Crippen LogP contribution is -2.37. The number of amides is 1. The van der Waals surface area contributed by atoms with Gasteiger partial charge in [0.1, 0.15) is 34.4 Å². The molecule has 9 heteroatoms. The molecule has 1 amide bonds. The maximum atomic E-state index is 14.3. The van der Waals surface area contributed by atoms with Crippen LogP contribution in [-0.4, -0.2) is 21.2 Å². The van der Waals surface area contributed by atoms with Gasteiger partial charge in [-0.3, -0.25) is 9.36 Å². The number of fused-ring (bicyclic) bond motifs is 1. The first-order chi connectivity index (χ1) is 14.0. The van der Waals surface area contributed by atoms with Crippen LogP contribution < -0.4 is 10.9 Å². The van der Waals surface area contributed by atoms with E-state index in [1.54, 1.807) is 20.8 Å². The first kappa shape index (κ1) is 21.4. The molecule has 0 saturated carbocycles. The molecule has 0 fully saturated rings. The molecule has 2 aromatic carbocycles. The summed E-state index contributed by atoms with van der Waals surface area (Å²) >= 11 is 0. The molecule has 3 aromatic rings. The highest BCUT2D eigenvalue weighted by atomic mass is 19.1. The van der Waals surface area contributed by atoms with Crippen LogP contribution in [0.25, 0.3) is 16.6 Å². The van der Waals surface area contributed by atoms with Gasteiger partial charge in [0.05, 0.1) is 17.1 Å². The van der Waals surface area contributed by atoms with E-state index >= 15 is 0 Å². The molecule has 0 aliphatic heterocycles. The number of rotatable bonds is 3. The van der Waals surface area contributed by atoms with E-state index in [9.17, 15) is 22.8 Å². The fraction of sp³-hybridized carbons (Fsp3) is 0.286. The smallest absolute Gasteiger partial charge is 0.408 e. The van der Waals surface area contributed by atoms with E-state index in [4.69, 9.17) is 4.74 Å². The van der Waals surface area contributed by atoms with Crippen LogP contribution in [0.5, 0.6) is 0 Å². The lowest BCUT2D eigenvalue weighted by atomic mass is 10.2. The number of hydrogen-bond acceptors (Lipinski definition) is 4. The van der Waals surface area contributed by atoms with E-state index in [0.717, 1.165) is 22.8 Å². The van der Waals surface area contributed by atoms with Gasteiger partial charge in [-0.25, -0.2) is 22.9 Å². The Morgan fingerprint density at radius 1 is 1.13 bits per heavy atom. The number of hydrogen-bond donors (Lipinski definition) is 1. The van der Waals surface area contributed by atoms with E-state index in [-0.39, 0.29) is 22.4 Å². The van der Waals surface area contributed by atoms with E-state index < -0.39 is 40.7 Å². The second kappa shape index (κ2) is 7.81. The summed E-state index contributed by atoms with van der Waals surface area (Å²) in [5, 5.41) is 2.43. The van der Waals surface area contributed by atoms with Crippen LogP contribution in [0, 0.1) is 17.5 Å². The van der Waals surface area contributed by atoms with Crippen molar-refractivity contribution < 1.29 is 22.7 Å². The van der Waals surface area contributed by atoms with Gasteiger partial charge in [0, 0.05) is 6.07 Å². The van der Waals surface area contributed by atoms with Gasteiger partial charge < -0.3 is 10.1 Å². The predicted molar refractivity (Wildman–Crippen MR) is 105 cm³/mol. The molecule has 1 heterocycles. The van der Waals surface area contributed by atoms with Gasteiger partial charge in [0.25, 0.3) is 5.56 Å². The third-order valence-electron chi connectivity index (χ3n) is 4.10. The van der Waals surface area contributed by atoms with Gasteiger partial charge in [-0.05, 0) is 52.0 Å². The van der Waals surface area contributed by atoms with Gasteiger partial charge in [0.2, 0.25) is 0 Å². The van der Waals surface area contributed by atoms with Gasteiger partial charge in [-0.15, -0.1) is 0 Å². The van der Waals surface area contributed by atoms with Crippen molar-refractivity contribution in [2.75, 3.05) is 0 Å². The fourth-order valence-electron chi connectivity index (χ4n) is 2.95. The summed E-state index contributed by atoms with van der Waals surface area (Å²) in [6.45, 7) is 6.51. The van der Waals surface area contributed by atoms with Gasteiger partial charge in [-0.1, -0.05) is 6.07 Å². The number of ether oxygens (including phenoxy) is 1. The number of carbonyl (C=O) groups is 1. The van der Waals surface area contributed by atoms with Crippen molar-refractivity contribution >= 4 is 17.0 Å². The van der Waals surface area contributed by atoms with Gasteiger partial charge in [0.15, 0.2) is 0 Å². The summed E-state index contributed by atoms with van der Waals surface area (Å²) in [6, 6.07) is 5.42. The summed E-state index contributed by atoms with van der Waals surface area (Å²) in [5.41, 5.74) is -1.89. The standard InChI is InChI=1S/C21H20F3N3O3/c1-11(25-20(29)30-21(2,3)4)18-26-17-15(6-5-7-16(17)24)19(28)27(18)14-9-12(22)8-13(23)10-14/h5-11H,1-4H3,(H,25,29)/t11-/m0/s1. The first-order valence-corrected chi connectivity index (χ1v) is 9.13. The van der Waals surface area contributed by atoms with Crippen molar-refractivity contribution in [3.05, 3.63) is 70.0 Å². The molecular formula is C21H20F3N3O3. The second-order valence-corrected chi connectivity index (χ2v) is 7.74. The van der Waals surface area contributed by atoms with Crippen molar-refractivity contribution in [2.24, 2.45) is 0 Å². The Hall–Kier alpha value is -3.36. The SMILES string of the molecule is C[C@H](NC(=O)OC(C)(C)C)c1nc2c(F)cccc2c(=O)n1-c1cc(F)cc(F)c1. The Kier molecular flexibility index (Phi) is 5.56. The molecule has 0 aliphatic rings. The van der Waals surface area contributed by atoms with E-state index in [2.05, 4.69) is 10.3 Å². The minimum absolute atomic E-state index is 0.0760. The highest BCUT2D eigenvalue weighted by Gasteiger charge is 2.24. The molecule has 0 unspecified atom stereocenters. The molecule has 0 saturated heterocycles. The van der Waals surface area contributed by atoms with Crippen molar-refractivity contribution in [3.63, 3.8) is 0 Å². The maximum absolute atomic E-state index is 14.3. The van der Waals surface area contributed by atoms with Crippen LogP contribution in [0.4, 0.5) is 18.0 Å². The summed E-state index contributed by atoms with van der Waals surface area (Å²) < 4.78 is 48.1. The second-order valence-electron chi connectivity index (χ2n) is 7.74. The largest absolute Gasteiger partial charge is 0.444 e. The Bertz CT molecular complexity index is 1170. The molecule has 0 aliphatic carbocycles. The van der Waals surface area contributed by atoms with Gasteiger partial charge >= 0.3 is 6.09 Å². The maximum Gasteiger partial charge on any atom is 0.408 e. The quantitative estimate of drug-likeness (QED) is 0.684. The minimum atomic E-state index is -0.956. The third kappa shape index (κ3) is 4.45. The summed E-state index contributed by atoms with van der Waals surface area (Å²) in [7, 11) is 0. The number of halogens is 3. The number of para-hydroxylation sites is 1. The zero-order valence-electron chi connectivity index (χ0n) is 16.8. The lowest BCUT2D eigenvalue weighted by Gasteiger charge is -2.23. The van der Waals surface area contributed by atoms with Crippen LogP contribution in [-0.2, 0) is 4.74 Å². The Morgan fingerprint density at radius 3 is 2.37 bits per heavy atom. The summed E-state index contributed by atoms with van der Waals surface area (Å²) in [4.78, 5) is 29.5. The number of nitrogens with zero attached hydrogens (tertiary/aromatic N) is 2. The zero-order chi connectivity index (χ0) is 22.2. The molecule has 1 atom stereocenters. The molecule has 0 radical (unpaired) electrons. The number of carbonyl (C=O) groups excluding carboxylic acids is 1. The van der Waals surface area contributed by atoms with Crippen molar-refractivity contribution in [2.45, 2.75) is 39.3 Å². The third-order valence-corrected chi connectivity index (χ3v) is 4.10. The predicted octanol–water partition coefficient (Wildman–Crippen LogP) is 4.39. The summed E-state index contributed by atoms with van der Waals surface area (Å²) in [5.74, 6) is -2.67. The average Bonchev–Trinajstić information content (AvgIpc) is 2.59. The zero-order valence-corrected chi connectivity index (χ0v) is 16.8. The van der Waals surface area contributed by atoms with Crippen molar-refractivity contribution in [1.29, 1.82) is 0 Å². The molecule has 1 N–H and O–H groups in total. The molecule has 3 rings (SSSR count). The molecular weight excluding hydrogens is 399 g/mol. The van der Waals surface area contributed by atoms with Gasteiger partial charge in [-0.2, -0.15) is 0 Å². The van der Waals surface area contributed by atoms with Crippen LogP contribution in [0.2, 0.25) is 0 Å². The summed E-state index contributed by atoms with van der Waals surface area (Å²) in [6.07, 6.45) is -0.796. The first-order valence-electron chi connectivity index (χ1n) is 9.13. The van der Waals surface area contributed by atoms with Crippen molar-refractivity contribution in [1.82, 2.24) is 14.9 Å². The van der Waals surface area contributed by atoms with Crippen molar-refractivity contribution in [3.8, 4) is 5.69 Å². The monoisotopic (exact) mass is 419 g/mol. The van der Waals surface area contributed by atoms with E-state index in [1.165, 1.54) is 19.1 Å². The van der Waals surface area contributed by atoms with E-state index in [0.29, 0.717) is 6.07 Å². The normalized spacial score (nSPS) is 12.6. The average molecular weight is 419 g/mol. The molecule has 0 spiro atoms. The Balaban J connectivity index is 2.22. The highest BCUT2D eigenvalue weighted by molar-refractivity contribution is 5.78. The van der Waals surface area contributed by atoms with E-state index in [1.807, 2.05) is 0 Å². The minimum Gasteiger partial charge on any atom is -0.444 e. The number of benzene rings is 2. The van der Waals surface area contributed by atoms with Crippen LogP contribution in [0.15, 0.2) is 41.2 Å². The Morgan fingerprint density at radius 2 is 1.77 bits per heavy atom. The lowest BCUT2D eigenvalue weighted by molar-refractivity contribution is 0.0505.